The van der Waals surface area contributed by atoms with Crippen LogP contribution in [0.4, 0.5) is 0 Å². The molecule has 1 aromatic rings. The minimum Gasteiger partial charge on any atom is -0.316 e. The van der Waals surface area contributed by atoms with Crippen LogP contribution in [0, 0.1) is 0 Å². The van der Waals surface area contributed by atoms with Crippen LogP contribution in [0.5, 0.6) is 0 Å². The molecule has 1 aliphatic rings. The summed E-state index contributed by atoms with van der Waals surface area (Å²) in [6.07, 6.45) is 5.13. The molecule has 4 nitrogen and oxygen atoms in total. The third-order valence-electron chi connectivity index (χ3n) is 3.77. The summed E-state index contributed by atoms with van der Waals surface area (Å²) in [5.41, 5.74) is 1.04. The Kier molecular flexibility index (Phi) is 5.60. The van der Waals surface area contributed by atoms with Crippen molar-refractivity contribution in [3.8, 4) is 0 Å². The summed E-state index contributed by atoms with van der Waals surface area (Å²) in [5.74, 6) is 0. The summed E-state index contributed by atoms with van der Waals surface area (Å²) < 4.78 is 27.8. The van der Waals surface area contributed by atoms with Gasteiger partial charge in [0, 0.05) is 19.1 Å². The Bertz CT molecular complexity index is 523. The number of nitrogens with one attached hydrogen (secondary N) is 1. The van der Waals surface area contributed by atoms with Gasteiger partial charge >= 0.3 is 0 Å². The van der Waals surface area contributed by atoms with Crippen LogP contribution in [-0.2, 0) is 16.6 Å². The lowest BCUT2D eigenvalue weighted by Gasteiger charge is -2.34. The molecule has 1 fully saturated rings. The van der Waals surface area contributed by atoms with E-state index in [0.717, 1.165) is 37.7 Å². The van der Waals surface area contributed by atoms with Gasteiger partial charge in [-0.1, -0.05) is 19.8 Å². The zero-order valence-electron chi connectivity index (χ0n) is 12.3. The lowest BCUT2D eigenvalue weighted by atomic mass is 10.0. The Balaban J connectivity index is 2.22. The first-order valence-corrected chi connectivity index (χ1v) is 9.65. The molecule has 0 saturated carbocycles. The van der Waals surface area contributed by atoms with Gasteiger partial charge in [-0.3, -0.25) is 0 Å². The molecule has 2 heterocycles. The monoisotopic (exact) mass is 316 g/mol. The fourth-order valence-corrected chi connectivity index (χ4v) is 5.87. The molecule has 0 bridgehead atoms. The van der Waals surface area contributed by atoms with Crippen molar-refractivity contribution in [1.82, 2.24) is 9.62 Å². The van der Waals surface area contributed by atoms with Crippen LogP contribution in [-0.4, -0.2) is 32.4 Å². The molecule has 1 saturated heterocycles. The van der Waals surface area contributed by atoms with Crippen molar-refractivity contribution < 1.29 is 8.42 Å². The maximum atomic E-state index is 12.8. The second kappa shape index (κ2) is 7.02. The van der Waals surface area contributed by atoms with Crippen LogP contribution in [0.1, 0.15) is 44.6 Å². The first-order valence-electron chi connectivity index (χ1n) is 7.33. The molecule has 0 aromatic carbocycles. The molecule has 1 aliphatic heterocycles. The van der Waals surface area contributed by atoms with E-state index in [1.807, 2.05) is 18.5 Å². The number of hydrogen-bond donors (Lipinski definition) is 1. The Morgan fingerprint density at radius 3 is 2.95 bits per heavy atom. The van der Waals surface area contributed by atoms with Gasteiger partial charge in [0.05, 0.1) is 0 Å². The number of rotatable bonds is 6. The van der Waals surface area contributed by atoms with Crippen molar-refractivity contribution in [2.75, 3.05) is 13.6 Å². The average Bonchev–Trinajstić information content (AvgIpc) is 2.89. The number of hydrogen-bond acceptors (Lipinski definition) is 4. The summed E-state index contributed by atoms with van der Waals surface area (Å²) >= 11 is 1.34. The van der Waals surface area contributed by atoms with E-state index in [1.165, 1.54) is 11.3 Å². The Morgan fingerprint density at radius 2 is 2.25 bits per heavy atom. The predicted octanol–water partition coefficient (Wildman–Crippen LogP) is 2.81. The van der Waals surface area contributed by atoms with Gasteiger partial charge in [-0.25, -0.2) is 8.42 Å². The van der Waals surface area contributed by atoms with Crippen molar-refractivity contribution in [2.45, 2.75) is 55.8 Å². The largest absolute Gasteiger partial charge is 0.316 e. The molecular weight excluding hydrogens is 292 g/mol. The quantitative estimate of drug-likeness (QED) is 0.878. The van der Waals surface area contributed by atoms with Gasteiger partial charge in [0.15, 0.2) is 0 Å². The molecular formula is C14H24N2O2S2. The van der Waals surface area contributed by atoms with Gasteiger partial charge < -0.3 is 5.32 Å². The van der Waals surface area contributed by atoms with Gasteiger partial charge in [-0.2, -0.15) is 4.31 Å². The first-order chi connectivity index (χ1) is 9.59. The maximum absolute atomic E-state index is 12.8. The third-order valence-corrected chi connectivity index (χ3v) is 7.18. The molecule has 1 N–H and O–H groups in total. The van der Waals surface area contributed by atoms with E-state index < -0.39 is 10.0 Å². The molecule has 0 radical (unpaired) electrons. The normalized spacial score (nSPS) is 21.2. The topological polar surface area (TPSA) is 49.4 Å². The van der Waals surface area contributed by atoms with Crippen molar-refractivity contribution >= 4 is 21.4 Å². The summed E-state index contributed by atoms with van der Waals surface area (Å²) in [6, 6.07) is 2.00. The predicted molar refractivity (Wildman–Crippen MR) is 83.5 cm³/mol. The SMILES string of the molecule is CCCC1CCCCN1S(=O)(=O)c1cc(CNC)cs1. The second-order valence-electron chi connectivity index (χ2n) is 5.36. The van der Waals surface area contributed by atoms with E-state index >= 15 is 0 Å². The minimum absolute atomic E-state index is 0.189. The van der Waals surface area contributed by atoms with E-state index in [1.54, 1.807) is 4.31 Å². The fourth-order valence-electron chi connectivity index (χ4n) is 2.81. The number of thiophene rings is 1. The van der Waals surface area contributed by atoms with E-state index in [2.05, 4.69) is 12.2 Å². The van der Waals surface area contributed by atoms with E-state index in [-0.39, 0.29) is 6.04 Å². The van der Waals surface area contributed by atoms with Crippen molar-refractivity contribution in [3.05, 3.63) is 17.0 Å². The summed E-state index contributed by atoms with van der Waals surface area (Å²) in [4.78, 5) is 0. The van der Waals surface area contributed by atoms with Crippen molar-refractivity contribution in [3.63, 3.8) is 0 Å². The zero-order valence-corrected chi connectivity index (χ0v) is 13.9. The lowest BCUT2D eigenvalue weighted by molar-refractivity contribution is 0.240. The third kappa shape index (κ3) is 3.42. The van der Waals surface area contributed by atoms with Crippen LogP contribution in [0.2, 0.25) is 0 Å². The van der Waals surface area contributed by atoms with Crippen LogP contribution >= 0.6 is 11.3 Å². The maximum Gasteiger partial charge on any atom is 0.252 e. The number of sulfonamides is 1. The molecule has 2 rings (SSSR count). The summed E-state index contributed by atoms with van der Waals surface area (Å²) in [7, 11) is -1.44. The average molecular weight is 316 g/mol. The molecule has 20 heavy (non-hydrogen) atoms. The van der Waals surface area contributed by atoms with Gasteiger partial charge in [0.25, 0.3) is 10.0 Å². The Morgan fingerprint density at radius 1 is 1.45 bits per heavy atom. The van der Waals surface area contributed by atoms with Crippen LogP contribution in [0.3, 0.4) is 0 Å². The molecule has 1 atom stereocenters. The van der Waals surface area contributed by atoms with Crippen LogP contribution < -0.4 is 5.32 Å². The van der Waals surface area contributed by atoms with E-state index in [9.17, 15) is 8.42 Å². The second-order valence-corrected chi connectivity index (χ2v) is 8.39. The highest BCUT2D eigenvalue weighted by Crippen LogP contribution is 2.30. The van der Waals surface area contributed by atoms with Gasteiger partial charge in [-0.05, 0) is 43.3 Å². The highest BCUT2D eigenvalue weighted by Gasteiger charge is 2.33. The zero-order chi connectivity index (χ0) is 14.6. The minimum atomic E-state index is -3.31. The van der Waals surface area contributed by atoms with Crippen molar-refractivity contribution in [2.24, 2.45) is 0 Å². The van der Waals surface area contributed by atoms with Gasteiger partial charge in [0.1, 0.15) is 4.21 Å². The summed E-state index contributed by atoms with van der Waals surface area (Å²) in [5, 5.41) is 4.99. The van der Waals surface area contributed by atoms with Gasteiger partial charge in [-0.15, -0.1) is 11.3 Å². The molecule has 1 unspecified atom stereocenters. The van der Waals surface area contributed by atoms with Crippen molar-refractivity contribution in [1.29, 1.82) is 0 Å². The summed E-state index contributed by atoms with van der Waals surface area (Å²) in [6.45, 7) is 3.51. The first kappa shape index (κ1) is 15.9. The highest BCUT2D eigenvalue weighted by atomic mass is 32.2. The van der Waals surface area contributed by atoms with Gasteiger partial charge in [0.2, 0.25) is 0 Å². The molecule has 1 aromatic heterocycles. The van der Waals surface area contributed by atoms with Crippen LogP contribution in [0.25, 0.3) is 0 Å². The molecule has 0 amide bonds. The lowest BCUT2D eigenvalue weighted by Crippen LogP contribution is -2.43. The Hall–Kier alpha value is -0.430. The number of nitrogens with zero attached hydrogens (tertiary/aromatic N) is 1. The molecule has 0 spiro atoms. The number of piperidine rings is 1. The molecule has 114 valence electrons. The van der Waals surface area contributed by atoms with E-state index in [4.69, 9.17) is 0 Å². The van der Waals surface area contributed by atoms with E-state index in [0.29, 0.717) is 17.3 Å². The highest BCUT2D eigenvalue weighted by molar-refractivity contribution is 7.91. The van der Waals surface area contributed by atoms with Crippen LogP contribution in [0.15, 0.2) is 15.7 Å². The molecule has 6 heteroatoms. The Labute approximate surface area is 126 Å². The smallest absolute Gasteiger partial charge is 0.252 e. The fraction of sp³-hybridized carbons (Fsp3) is 0.714. The molecule has 0 aliphatic carbocycles. The standard InChI is InChI=1S/C14H24N2O2S2/c1-3-6-13-7-4-5-8-16(13)20(17,18)14-9-12(10-15-2)11-19-14/h9,11,13,15H,3-8,10H2,1-2H3.